The van der Waals surface area contributed by atoms with E-state index in [1.807, 2.05) is 0 Å². The number of ketones is 1. The molecule has 66 valence electrons. The van der Waals surface area contributed by atoms with E-state index in [0.717, 1.165) is 19.3 Å². The monoisotopic (exact) mass is 157 g/mol. The lowest BCUT2D eigenvalue weighted by atomic mass is 9.88. The van der Waals surface area contributed by atoms with E-state index in [1.54, 1.807) is 6.92 Å². The molecule has 0 aromatic rings. The molecule has 0 amide bonds. The zero-order valence-corrected chi connectivity index (χ0v) is 7.81. The van der Waals surface area contributed by atoms with Crippen molar-refractivity contribution in [1.29, 1.82) is 0 Å². The summed E-state index contributed by atoms with van der Waals surface area (Å²) in [5.74, 6) is 0.238. The number of nitrogens with two attached hydrogens (primary N) is 1. The number of hydrogen-bond acceptors (Lipinski definition) is 2. The van der Waals surface area contributed by atoms with Gasteiger partial charge in [-0.05, 0) is 26.2 Å². The third-order valence-electron chi connectivity index (χ3n) is 2.38. The first-order valence-electron chi connectivity index (χ1n) is 4.32. The van der Waals surface area contributed by atoms with Crippen LogP contribution in [0.25, 0.3) is 0 Å². The van der Waals surface area contributed by atoms with Crippen molar-refractivity contribution < 1.29 is 4.79 Å². The van der Waals surface area contributed by atoms with Crippen molar-refractivity contribution in [3.8, 4) is 0 Å². The minimum absolute atomic E-state index is 0.105. The van der Waals surface area contributed by atoms with Gasteiger partial charge in [-0.25, -0.2) is 0 Å². The van der Waals surface area contributed by atoms with Crippen LogP contribution in [0.5, 0.6) is 0 Å². The van der Waals surface area contributed by atoms with E-state index >= 15 is 0 Å². The van der Waals surface area contributed by atoms with Gasteiger partial charge in [-0.15, -0.1) is 0 Å². The fraction of sp³-hybridized carbons (Fsp3) is 0.889. The average molecular weight is 157 g/mol. The molecule has 0 fully saturated rings. The van der Waals surface area contributed by atoms with Gasteiger partial charge in [0.15, 0.2) is 0 Å². The summed E-state index contributed by atoms with van der Waals surface area (Å²) in [7, 11) is 0. The zero-order valence-electron chi connectivity index (χ0n) is 7.81. The molecule has 0 unspecified atom stereocenters. The molecule has 0 rings (SSSR count). The number of carbonyl (C=O) groups excluding carboxylic acids is 1. The van der Waals surface area contributed by atoms with Gasteiger partial charge in [0.25, 0.3) is 0 Å². The van der Waals surface area contributed by atoms with E-state index < -0.39 is 0 Å². The highest BCUT2D eigenvalue weighted by Crippen LogP contribution is 2.17. The maximum Gasteiger partial charge on any atom is 0.129 e. The van der Waals surface area contributed by atoms with E-state index in [1.165, 1.54) is 0 Å². The molecular formula is C9H19NO. The molecule has 0 atom stereocenters. The molecule has 0 aromatic carbocycles. The SMILES string of the molecule is CCC(N)(CC)CCC(C)=O. The van der Waals surface area contributed by atoms with Crippen LogP contribution in [0.15, 0.2) is 0 Å². The van der Waals surface area contributed by atoms with Crippen LogP contribution in [-0.4, -0.2) is 11.3 Å². The van der Waals surface area contributed by atoms with Gasteiger partial charge in [0.2, 0.25) is 0 Å². The zero-order chi connectivity index (χ0) is 8.91. The Morgan fingerprint density at radius 3 is 2.09 bits per heavy atom. The maximum atomic E-state index is 10.7. The molecule has 0 spiro atoms. The van der Waals surface area contributed by atoms with Crippen molar-refractivity contribution in [2.75, 3.05) is 0 Å². The summed E-state index contributed by atoms with van der Waals surface area (Å²) in [4.78, 5) is 10.7. The molecule has 2 N–H and O–H groups in total. The Morgan fingerprint density at radius 1 is 1.36 bits per heavy atom. The van der Waals surface area contributed by atoms with Gasteiger partial charge in [0, 0.05) is 12.0 Å². The van der Waals surface area contributed by atoms with Gasteiger partial charge in [-0.1, -0.05) is 13.8 Å². The predicted octanol–water partition coefficient (Wildman–Crippen LogP) is 1.87. The average Bonchev–Trinajstić information content (AvgIpc) is 2.00. The molecular weight excluding hydrogens is 138 g/mol. The fourth-order valence-corrected chi connectivity index (χ4v) is 1.03. The molecule has 2 nitrogen and oxygen atoms in total. The van der Waals surface area contributed by atoms with Gasteiger partial charge >= 0.3 is 0 Å². The Hall–Kier alpha value is -0.370. The first-order chi connectivity index (χ1) is 5.04. The van der Waals surface area contributed by atoms with Crippen LogP contribution in [0.4, 0.5) is 0 Å². The second-order valence-corrected chi connectivity index (χ2v) is 3.27. The summed E-state index contributed by atoms with van der Waals surface area (Å²) in [6.45, 7) is 5.76. The number of rotatable bonds is 5. The third kappa shape index (κ3) is 4.14. The topological polar surface area (TPSA) is 43.1 Å². The molecule has 0 aliphatic rings. The van der Waals surface area contributed by atoms with Crippen molar-refractivity contribution in [2.24, 2.45) is 5.73 Å². The quantitative estimate of drug-likeness (QED) is 0.662. The Bertz CT molecular complexity index is 128. The fourth-order valence-electron chi connectivity index (χ4n) is 1.03. The molecule has 2 heteroatoms. The second-order valence-electron chi connectivity index (χ2n) is 3.27. The second kappa shape index (κ2) is 4.50. The van der Waals surface area contributed by atoms with E-state index in [0.29, 0.717) is 6.42 Å². The Kier molecular flexibility index (Phi) is 4.34. The smallest absolute Gasteiger partial charge is 0.129 e. The molecule has 0 saturated carbocycles. The van der Waals surface area contributed by atoms with Crippen molar-refractivity contribution in [3.63, 3.8) is 0 Å². The highest BCUT2D eigenvalue weighted by molar-refractivity contribution is 5.75. The summed E-state index contributed by atoms with van der Waals surface area (Å²) in [5, 5.41) is 0. The van der Waals surface area contributed by atoms with Crippen LogP contribution in [-0.2, 0) is 4.79 Å². The van der Waals surface area contributed by atoms with Gasteiger partial charge in [0.05, 0.1) is 0 Å². The predicted molar refractivity (Wildman–Crippen MR) is 47.4 cm³/mol. The highest BCUT2D eigenvalue weighted by atomic mass is 16.1. The highest BCUT2D eigenvalue weighted by Gasteiger charge is 2.19. The first kappa shape index (κ1) is 10.6. The molecule has 0 aliphatic carbocycles. The standard InChI is InChI=1S/C9H19NO/c1-4-9(10,5-2)7-6-8(3)11/h4-7,10H2,1-3H3. The van der Waals surface area contributed by atoms with Gasteiger partial charge < -0.3 is 10.5 Å². The van der Waals surface area contributed by atoms with Gasteiger partial charge in [-0.3, -0.25) is 0 Å². The van der Waals surface area contributed by atoms with E-state index in [9.17, 15) is 4.79 Å². The first-order valence-corrected chi connectivity index (χ1v) is 4.32. The van der Waals surface area contributed by atoms with Crippen LogP contribution in [0, 0.1) is 0 Å². The van der Waals surface area contributed by atoms with E-state index in [2.05, 4.69) is 13.8 Å². The van der Waals surface area contributed by atoms with Crippen molar-refractivity contribution >= 4 is 5.78 Å². The molecule has 0 radical (unpaired) electrons. The molecule has 11 heavy (non-hydrogen) atoms. The van der Waals surface area contributed by atoms with Crippen LogP contribution < -0.4 is 5.73 Å². The summed E-state index contributed by atoms with van der Waals surface area (Å²) < 4.78 is 0. The molecule has 0 saturated heterocycles. The third-order valence-corrected chi connectivity index (χ3v) is 2.38. The van der Waals surface area contributed by atoms with Crippen molar-refractivity contribution in [3.05, 3.63) is 0 Å². The molecule has 0 bridgehead atoms. The summed E-state index contributed by atoms with van der Waals surface area (Å²) in [6, 6.07) is 0. The van der Waals surface area contributed by atoms with Gasteiger partial charge in [-0.2, -0.15) is 0 Å². The van der Waals surface area contributed by atoms with Crippen LogP contribution in [0.1, 0.15) is 46.5 Å². The number of hydrogen-bond donors (Lipinski definition) is 1. The van der Waals surface area contributed by atoms with Crippen molar-refractivity contribution in [1.82, 2.24) is 0 Å². The molecule has 0 aliphatic heterocycles. The van der Waals surface area contributed by atoms with Crippen molar-refractivity contribution in [2.45, 2.75) is 52.0 Å². The minimum Gasteiger partial charge on any atom is -0.325 e. The van der Waals surface area contributed by atoms with Crippen LogP contribution in [0.2, 0.25) is 0 Å². The van der Waals surface area contributed by atoms with Crippen LogP contribution in [0.3, 0.4) is 0 Å². The molecule has 0 aromatic heterocycles. The largest absolute Gasteiger partial charge is 0.325 e. The summed E-state index contributed by atoms with van der Waals surface area (Å²) in [5.41, 5.74) is 5.89. The Balaban J connectivity index is 3.78. The Labute approximate surface area is 69.2 Å². The lowest BCUT2D eigenvalue weighted by molar-refractivity contribution is -0.117. The Morgan fingerprint density at radius 2 is 1.82 bits per heavy atom. The van der Waals surface area contributed by atoms with Crippen LogP contribution >= 0.6 is 0 Å². The maximum absolute atomic E-state index is 10.7. The summed E-state index contributed by atoms with van der Waals surface area (Å²) >= 11 is 0. The number of Topliss-reactive ketones (excluding diaryl/α,β-unsaturated/α-hetero) is 1. The van der Waals surface area contributed by atoms with E-state index in [-0.39, 0.29) is 11.3 Å². The number of carbonyl (C=O) groups is 1. The lowest BCUT2D eigenvalue weighted by Crippen LogP contribution is -2.38. The van der Waals surface area contributed by atoms with Gasteiger partial charge in [0.1, 0.15) is 5.78 Å². The summed E-state index contributed by atoms with van der Waals surface area (Å²) in [6.07, 6.45) is 3.36. The normalized spacial score (nSPS) is 11.6. The minimum atomic E-state index is -0.105. The van der Waals surface area contributed by atoms with E-state index in [4.69, 9.17) is 5.73 Å². The molecule has 0 heterocycles. The lowest BCUT2D eigenvalue weighted by Gasteiger charge is -2.25.